The number of rotatable bonds is 3. The highest BCUT2D eigenvalue weighted by atomic mass is 16.2. The first-order valence-corrected chi connectivity index (χ1v) is 5.71. The van der Waals surface area contributed by atoms with Gasteiger partial charge in [0.25, 0.3) is 5.91 Å². The van der Waals surface area contributed by atoms with Gasteiger partial charge in [0.1, 0.15) is 0 Å². The van der Waals surface area contributed by atoms with Crippen molar-refractivity contribution in [2.24, 2.45) is 5.10 Å². The molecule has 0 radical (unpaired) electrons. The number of hydrazone groups is 1. The zero-order valence-corrected chi connectivity index (χ0v) is 10.1. The number of nitrogens with one attached hydrogen (secondary N) is 1. The van der Waals surface area contributed by atoms with Crippen LogP contribution in [0.15, 0.2) is 59.7 Å². The maximum Gasteiger partial charge on any atom is 0.271 e. The smallest absolute Gasteiger partial charge is 0.267 e. The Morgan fingerprint density at radius 2 is 1.72 bits per heavy atom. The lowest BCUT2D eigenvalue weighted by Gasteiger charge is -2.00. The van der Waals surface area contributed by atoms with Gasteiger partial charge in [-0.3, -0.25) is 4.79 Å². The van der Waals surface area contributed by atoms with Crippen molar-refractivity contribution >= 4 is 12.1 Å². The molecule has 3 nitrogen and oxygen atoms in total. The van der Waals surface area contributed by atoms with Crippen molar-refractivity contribution in [1.82, 2.24) is 5.43 Å². The third-order valence-corrected chi connectivity index (χ3v) is 2.59. The first-order chi connectivity index (χ1) is 8.77. The van der Waals surface area contributed by atoms with Crippen LogP contribution >= 0.6 is 0 Å². The van der Waals surface area contributed by atoms with Crippen LogP contribution in [0.25, 0.3) is 0 Å². The highest BCUT2D eigenvalue weighted by Gasteiger charge is 2.01. The molecule has 0 spiro atoms. The summed E-state index contributed by atoms with van der Waals surface area (Å²) in [4.78, 5) is 11.7. The maximum atomic E-state index is 11.7. The number of benzene rings is 2. The molecule has 0 aromatic heterocycles. The van der Waals surface area contributed by atoms with E-state index in [2.05, 4.69) is 10.5 Å². The van der Waals surface area contributed by atoms with E-state index in [1.807, 2.05) is 49.4 Å². The van der Waals surface area contributed by atoms with E-state index < -0.39 is 0 Å². The van der Waals surface area contributed by atoms with Crippen molar-refractivity contribution in [3.63, 3.8) is 0 Å². The molecule has 3 heteroatoms. The van der Waals surface area contributed by atoms with Crippen LogP contribution in [0.1, 0.15) is 21.5 Å². The molecule has 0 aliphatic carbocycles. The fourth-order valence-electron chi connectivity index (χ4n) is 1.55. The lowest BCUT2D eigenvalue weighted by Crippen LogP contribution is -2.17. The average molecular weight is 238 g/mol. The molecular formula is C15H14N2O. The van der Waals surface area contributed by atoms with Crippen molar-refractivity contribution in [3.8, 4) is 0 Å². The van der Waals surface area contributed by atoms with Gasteiger partial charge in [0.15, 0.2) is 0 Å². The minimum atomic E-state index is -0.208. The Morgan fingerprint density at radius 1 is 1.06 bits per heavy atom. The summed E-state index contributed by atoms with van der Waals surface area (Å²) in [5.74, 6) is -0.208. The highest BCUT2D eigenvalue weighted by molar-refractivity contribution is 5.94. The van der Waals surface area contributed by atoms with E-state index in [0.717, 1.165) is 11.1 Å². The van der Waals surface area contributed by atoms with Gasteiger partial charge in [-0.15, -0.1) is 0 Å². The van der Waals surface area contributed by atoms with Crippen molar-refractivity contribution in [1.29, 1.82) is 0 Å². The molecule has 2 aromatic rings. The molecule has 18 heavy (non-hydrogen) atoms. The summed E-state index contributed by atoms with van der Waals surface area (Å²) < 4.78 is 0. The Balaban J connectivity index is 2.00. The first-order valence-electron chi connectivity index (χ1n) is 5.71. The molecule has 1 amide bonds. The third kappa shape index (κ3) is 3.04. The van der Waals surface area contributed by atoms with Crippen LogP contribution in [0.4, 0.5) is 0 Å². The second kappa shape index (κ2) is 5.77. The second-order valence-electron chi connectivity index (χ2n) is 3.92. The first kappa shape index (κ1) is 12.0. The number of hydrogen-bond donors (Lipinski definition) is 1. The summed E-state index contributed by atoms with van der Waals surface area (Å²) in [6, 6.07) is 16.9. The zero-order valence-electron chi connectivity index (χ0n) is 10.1. The number of hydrogen-bond acceptors (Lipinski definition) is 2. The van der Waals surface area contributed by atoms with Gasteiger partial charge >= 0.3 is 0 Å². The lowest BCUT2D eigenvalue weighted by atomic mass is 10.1. The van der Waals surface area contributed by atoms with E-state index in [4.69, 9.17) is 0 Å². The van der Waals surface area contributed by atoms with Crippen molar-refractivity contribution < 1.29 is 4.79 Å². The number of carbonyl (C=O) groups is 1. The van der Waals surface area contributed by atoms with Gasteiger partial charge in [-0.2, -0.15) is 5.10 Å². The quantitative estimate of drug-likeness (QED) is 0.648. The SMILES string of the molecule is Cc1ccccc1C=NNC(=O)c1ccccc1. The van der Waals surface area contributed by atoms with Crippen LogP contribution in [0.3, 0.4) is 0 Å². The van der Waals surface area contributed by atoms with Gasteiger partial charge in [0, 0.05) is 5.56 Å². The van der Waals surface area contributed by atoms with Crippen LogP contribution in [-0.4, -0.2) is 12.1 Å². The molecular weight excluding hydrogens is 224 g/mol. The van der Waals surface area contributed by atoms with Gasteiger partial charge in [-0.05, 0) is 30.2 Å². The van der Waals surface area contributed by atoms with Crippen LogP contribution in [0.2, 0.25) is 0 Å². The summed E-state index contributed by atoms with van der Waals surface area (Å²) in [5, 5.41) is 3.95. The lowest BCUT2D eigenvalue weighted by molar-refractivity contribution is 0.0955. The molecule has 0 fully saturated rings. The Morgan fingerprint density at radius 3 is 2.44 bits per heavy atom. The van der Waals surface area contributed by atoms with E-state index in [0.29, 0.717) is 5.56 Å². The molecule has 1 N–H and O–H groups in total. The van der Waals surface area contributed by atoms with E-state index >= 15 is 0 Å². The highest BCUT2D eigenvalue weighted by Crippen LogP contribution is 2.03. The predicted octanol–water partition coefficient (Wildman–Crippen LogP) is 2.76. The van der Waals surface area contributed by atoms with Crippen molar-refractivity contribution in [3.05, 3.63) is 71.3 Å². The van der Waals surface area contributed by atoms with Crippen molar-refractivity contribution in [2.75, 3.05) is 0 Å². The Bertz CT molecular complexity index is 562. The molecule has 2 aromatic carbocycles. The molecule has 2 rings (SSSR count). The Hall–Kier alpha value is -2.42. The molecule has 0 heterocycles. The third-order valence-electron chi connectivity index (χ3n) is 2.59. The molecule has 0 aliphatic rings. The van der Waals surface area contributed by atoms with Gasteiger partial charge in [0.05, 0.1) is 6.21 Å². The number of aryl methyl sites for hydroxylation is 1. The largest absolute Gasteiger partial charge is 0.271 e. The van der Waals surface area contributed by atoms with Gasteiger partial charge in [-0.25, -0.2) is 5.43 Å². The van der Waals surface area contributed by atoms with Crippen LogP contribution in [0.5, 0.6) is 0 Å². The number of amides is 1. The van der Waals surface area contributed by atoms with Crippen molar-refractivity contribution in [2.45, 2.75) is 6.92 Å². The standard InChI is InChI=1S/C15H14N2O/c1-12-7-5-6-10-14(12)11-16-17-15(18)13-8-3-2-4-9-13/h2-11H,1H3,(H,17,18). The summed E-state index contributed by atoms with van der Waals surface area (Å²) in [6.07, 6.45) is 1.65. The van der Waals surface area contributed by atoms with Gasteiger partial charge in [0.2, 0.25) is 0 Å². The van der Waals surface area contributed by atoms with Gasteiger partial charge in [-0.1, -0.05) is 42.5 Å². The second-order valence-corrected chi connectivity index (χ2v) is 3.92. The van der Waals surface area contributed by atoms with Gasteiger partial charge < -0.3 is 0 Å². The molecule has 90 valence electrons. The van der Waals surface area contributed by atoms with Crippen LogP contribution in [0, 0.1) is 6.92 Å². The molecule has 0 aliphatic heterocycles. The van der Waals surface area contributed by atoms with E-state index in [1.165, 1.54) is 0 Å². The van der Waals surface area contributed by atoms with E-state index in [-0.39, 0.29) is 5.91 Å². The molecule has 0 bridgehead atoms. The fraction of sp³-hybridized carbons (Fsp3) is 0.0667. The maximum absolute atomic E-state index is 11.7. The number of carbonyl (C=O) groups excluding carboxylic acids is 1. The van der Waals surface area contributed by atoms with Crippen LogP contribution < -0.4 is 5.43 Å². The average Bonchev–Trinajstić information content (AvgIpc) is 2.42. The molecule has 0 saturated carbocycles. The minimum Gasteiger partial charge on any atom is -0.267 e. The topological polar surface area (TPSA) is 41.5 Å². The van der Waals surface area contributed by atoms with E-state index in [1.54, 1.807) is 18.3 Å². The molecule has 0 saturated heterocycles. The zero-order chi connectivity index (χ0) is 12.8. The fourth-order valence-corrected chi connectivity index (χ4v) is 1.55. The van der Waals surface area contributed by atoms with Crippen LogP contribution in [-0.2, 0) is 0 Å². The number of nitrogens with zero attached hydrogens (tertiary/aromatic N) is 1. The minimum absolute atomic E-state index is 0.208. The summed E-state index contributed by atoms with van der Waals surface area (Å²) in [6.45, 7) is 2.00. The Labute approximate surface area is 106 Å². The summed E-state index contributed by atoms with van der Waals surface area (Å²) in [5.41, 5.74) is 5.21. The Kier molecular flexibility index (Phi) is 3.86. The van der Waals surface area contributed by atoms with E-state index in [9.17, 15) is 4.79 Å². The normalized spacial score (nSPS) is 10.5. The molecule has 0 atom stereocenters. The predicted molar refractivity (Wildman–Crippen MR) is 72.7 cm³/mol. The monoisotopic (exact) mass is 238 g/mol. The summed E-state index contributed by atoms with van der Waals surface area (Å²) in [7, 11) is 0. The summed E-state index contributed by atoms with van der Waals surface area (Å²) >= 11 is 0. The molecule has 0 unspecified atom stereocenters.